The first-order chi connectivity index (χ1) is 6.72. The van der Waals surface area contributed by atoms with Crippen LogP contribution in [-0.2, 0) is 6.61 Å². The monoisotopic (exact) mass is 195 g/mol. The molecule has 0 aliphatic rings. The Morgan fingerprint density at radius 2 is 2.07 bits per heavy atom. The van der Waals surface area contributed by atoms with Gasteiger partial charge in [-0.25, -0.2) is 8.78 Å². The van der Waals surface area contributed by atoms with Gasteiger partial charge in [-0.2, -0.15) is 0 Å². The van der Waals surface area contributed by atoms with E-state index >= 15 is 0 Å². The maximum atomic E-state index is 13.2. The van der Waals surface area contributed by atoms with Gasteiger partial charge in [0.2, 0.25) is 0 Å². The Hall–Kier alpha value is -1.55. The van der Waals surface area contributed by atoms with Gasteiger partial charge in [0.1, 0.15) is 11.3 Å². The van der Waals surface area contributed by atoms with Gasteiger partial charge in [0.15, 0.2) is 5.82 Å². The number of nitrogens with zero attached hydrogens (tertiary/aromatic N) is 1. The van der Waals surface area contributed by atoms with Crippen molar-refractivity contribution in [1.82, 2.24) is 4.98 Å². The highest BCUT2D eigenvalue weighted by molar-refractivity contribution is 5.82. The molecule has 72 valence electrons. The van der Waals surface area contributed by atoms with E-state index in [0.29, 0.717) is 10.9 Å². The van der Waals surface area contributed by atoms with Crippen LogP contribution in [0.1, 0.15) is 5.56 Å². The summed E-state index contributed by atoms with van der Waals surface area (Å²) in [6, 6.07) is 3.47. The zero-order valence-corrected chi connectivity index (χ0v) is 7.17. The molecule has 1 N–H and O–H groups in total. The van der Waals surface area contributed by atoms with Crippen LogP contribution in [0.15, 0.2) is 24.4 Å². The SMILES string of the molecule is OCc1ccnc2c(F)cc(F)cc12. The zero-order chi connectivity index (χ0) is 10.1. The molecule has 1 aromatic heterocycles. The summed E-state index contributed by atoms with van der Waals surface area (Å²) in [5.74, 6) is -1.38. The molecule has 0 bridgehead atoms. The fraction of sp³-hybridized carbons (Fsp3) is 0.100. The quantitative estimate of drug-likeness (QED) is 0.755. The molecule has 1 aromatic carbocycles. The lowest BCUT2D eigenvalue weighted by molar-refractivity contribution is 0.283. The molecule has 0 amide bonds. The van der Waals surface area contributed by atoms with E-state index in [1.807, 2.05) is 0 Å². The maximum Gasteiger partial charge on any atom is 0.152 e. The Balaban J connectivity index is 2.86. The average molecular weight is 195 g/mol. The number of rotatable bonds is 1. The predicted octanol–water partition coefficient (Wildman–Crippen LogP) is 2.01. The number of fused-ring (bicyclic) bond motifs is 1. The normalized spacial score (nSPS) is 10.8. The maximum absolute atomic E-state index is 13.2. The molecule has 0 saturated carbocycles. The highest BCUT2D eigenvalue weighted by Gasteiger charge is 2.07. The summed E-state index contributed by atoms with van der Waals surface area (Å²) < 4.78 is 26.0. The van der Waals surface area contributed by atoms with Crippen molar-refractivity contribution in [3.63, 3.8) is 0 Å². The number of aliphatic hydroxyl groups is 1. The minimum Gasteiger partial charge on any atom is -0.392 e. The second-order valence-corrected chi connectivity index (χ2v) is 2.91. The molecular weight excluding hydrogens is 188 g/mol. The van der Waals surface area contributed by atoms with Gasteiger partial charge in [-0.15, -0.1) is 0 Å². The fourth-order valence-corrected chi connectivity index (χ4v) is 1.37. The molecule has 2 aromatic rings. The van der Waals surface area contributed by atoms with Crippen LogP contribution in [0.25, 0.3) is 10.9 Å². The van der Waals surface area contributed by atoms with E-state index < -0.39 is 11.6 Å². The van der Waals surface area contributed by atoms with Crippen molar-refractivity contribution in [2.75, 3.05) is 0 Å². The molecule has 0 aliphatic carbocycles. The average Bonchev–Trinajstić information content (AvgIpc) is 2.17. The summed E-state index contributed by atoms with van der Waals surface area (Å²) in [7, 11) is 0. The molecule has 0 saturated heterocycles. The lowest BCUT2D eigenvalue weighted by atomic mass is 10.1. The van der Waals surface area contributed by atoms with Crippen molar-refractivity contribution in [2.24, 2.45) is 0 Å². The third kappa shape index (κ3) is 1.33. The van der Waals surface area contributed by atoms with Crippen LogP contribution in [0, 0.1) is 11.6 Å². The second kappa shape index (κ2) is 3.31. The van der Waals surface area contributed by atoms with Gasteiger partial charge in [-0.1, -0.05) is 0 Å². The first-order valence-electron chi connectivity index (χ1n) is 4.06. The van der Waals surface area contributed by atoms with Crippen molar-refractivity contribution in [3.05, 3.63) is 41.6 Å². The minimum atomic E-state index is -0.713. The number of aromatic nitrogens is 1. The fourth-order valence-electron chi connectivity index (χ4n) is 1.37. The molecule has 0 spiro atoms. The lowest BCUT2D eigenvalue weighted by Gasteiger charge is -2.03. The largest absolute Gasteiger partial charge is 0.392 e. The molecule has 1 heterocycles. The van der Waals surface area contributed by atoms with Gasteiger partial charge in [0, 0.05) is 17.6 Å². The number of hydrogen-bond acceptors (Lipinski definition) is 2. The standard InChI is InChI=1S/C10H7F2NO/c11-7-3-8-6(5-14)1-2-13-10(8)9(12)4-7/h1-4,14H,5H2. The van der Waals surface area contributed by atoms with E-state index in [1.54, 1.807) is 0 Å². The summed E-state index contributed by atoms with van der Waals surface area (Å²) in [6.45, 7) is -0.262. The summed E-state index contributed by atoms with van der Waals surface area (Å²) in [5.41, 5.74) is 0.548. The van der Waals surface area contributed by atoms with Crippen molar-refractivity contribution >= 4 is 10.9 Å². The molecule has 2 rings (SSSR count). The van der Waals surface area contributed by atoms with Crippen molar-refractivity contribution in [2.45, 2.75) is 6.61 Å². The molecule has 0 unspecified atom stereocenters. The first kappa shape index (κ1) is 9.02. The summed E-state index contributed by atoms with van der Waals surface area (Å²) in [5, 5.41) is 9.26. The van der Waals surface area contributed by atoms with E-state index in [-0.39, 0.29) is 12.1 Å². The van der Waals surface area contributed by atoms with Crippen LogP contribution < -0.4 is 0 Å². The Kier molecular flexibility index (Phi) is 2.13. The number of benzene rings is 1. The molecule has 0 aliphatic heterocycles. The van der Waals surface area contributed by atoms with Gasteiger partial charge in [0.05, 0.1) is 6.61 Å². The first-order valence-corrected chi connectivity index (χ1v) is 4.06. The lowest BCUT2D eigenvalue weighted by Crippen LogP contribution is -1.92. The highest BCUT2D eigenvalue weighted by Crippen LogP contribution is 2.20. The van der Waals surface area contributed by atoms with Crippen LogP contribution in [0.2, 0.25) is 0 Å². The minimum absolute atomic E-state index is 0.0814. The van der Waals surface area contributed by atoms with Gasteiger partial charge < -0.3 is 5.11 Å². The van der Waals surface area contributed by atoms with Crippen molar-refractivity contribution in [1.29, 1.82) is 0 Å². The smallest absolute Gasteiger partial charge is 0.152 e. The Morgan fingerprint density at radius 3 is 2.79 bits per heavy atom. The van der Waals surface area contributed by atoms with Crippen LogP contribution in [0.3, 0.4) is 0 Å². The van der Waals surface area contributed by atoms with Gasteiger partial charge in [0.25, 0.3) is 0 Å². The van der Waals surface area contributed by atoms with Gasteiger partial charge in [-0.05, 0) is 17.7 Å². The van der Waals surface area contributed by atoms with E-state index in [4.69, 9.17) is 5.11 Å². The molecule has 4 heteroatoms. The summed E-state index contributed by atoms with van der Waals surface area (Å²) in [4.78, 5) is 3.78. The molecule has 0 atom stereocenters. The molecular formula is C10H7F2NO. The van der Waals surface area contributed by atoms with E-state index in [2.05, 4.69) is 4.98 Å². The van der Waals surface area contributed by atoms with Crippen molar-refractivity contribution < 1.29 is 13.9 Å². The van der Waals surface area contributed by atoms with E-state index in [9.17, 15) is 8.78 Å². The number of aliphatic hydroxyl groups excluding tert-OH is 1. The van der Waals surface area contributed by atoms with Crippen molar-refractivity contribution in [3.8, 4) is 0 Å². The molecule has 2 nitrogen and oxygen atoms in total. The zero-order valence-electron chi connectivity index (χ0n) is 7.17. The van der Waals surface area contributed by atoms with Crippen LogP contribution in [-0.4, -0.2) is 10.1 Å². The molecule has 0 radical (unpaired) electrons. The van der Waals surface area contributed by atoms with Crippen LogP contribution in [0.4, 0.5) is 8.78 Å². The molecule has 0 fully saturated rings. The van der Waals surface area contributed by atoms with Crippen LogP contribution >= 0.6 is 0 Å². The van der Waals surface area contributed by atoms with Crippen LogP contribution in [0.5, 0.6) is 0 Å². The number of pyridine rings is 1. The van der Waals surface area contributed by atoms with Gasteiger partial charge >= 0.3 is 0 Å². The Labute approximate surface area is 78.8 Å². The third-order valence-electron chi connectivity index (χ3n) is 2.02. The van der Waals surface area contributed by atoms with Gasteiger partial charge in [-0.3, -0.25) is 4.98 Å². The summed E-state index contributed by atoms with van der Waals surface area (Å²) in [6.07, 6.45) is 1.38. The number of hydrogen-bond donors (Lipinski definition) is 1. The van der Waals surface area contributed by atoms with E-state index in [1.165, 1.54) is 12.3 Å². The Bertz CT molecular complexity index is 485. The second-order valence-electron chi connectivity index (χ2n) is 2.91. The Morgan fingerprint density at radius 1 is 1.29 bits per heavy atom. The molecule has 14 heavy (non-hydrogen) atoms. The highest BCUT2D eigenvalue weighted by atomic mass is 19.1. The predicted molar refractivity (Wildman–Crippen MR) is 47.6 cm³/mol. The topological polar surface area (TPSA) is 33.1 Å². The third-order valence-corrected chi connectivity index (χ3v) is 2.02. The number of halogens is 2. The summed E-state index contributed by atoms with van der Waals surface area (Å²) >= 11 is 0. The van der Waals surface area contributed by atoms with E-state index in [0.717, 1.165) is 12.1 Å².